The van der Waals surface area contributed by atoms with Crippen LogP contribution in [0.2, 0.25) is 0 Å². The number of nitro groups is 1. The first-order chi connectivity index (χ1) is 11.0. The molecule has 3 rings (SSSR count). The molecule has 0 amide bonds. The van der Waals surface area contributed by atoms with Crippen LogP contribution in [0.3, 0.4) is 0 Å². The number of nitrogens with one attached hydrogen (secondary N) is 1. The fraction of sp³-hybridized carbons (Fsp3) is 0.0667. The highest BCUT2D eigenvalue weighted by atomic mass is 79.9. The molecule has 1 aromatic heterocycles. The van der Waals surface area contributed by atoms with E-state index >= 15 is 0 Å². The monoisotopic (exact) mass is 374 g/mol. The zero-order valence-corrected chi connectivity index (χ0v) is 13.5. The number of rotatable bonds is 3. The maximum atomic E-state index is 10.6. The molecule has 3 aromatic rings. The molecular weight excluding hydrogens is 364 g/mol. The third-order valence-corrected chi connectivity index (χ3v) is 4.40. The molecule has 0 radical (unpaired) electrons. The number of aromatic nitrogens is 1. The van der Waals surface area contributed by atoms with Crippen molar-refractivity contribution in [1.29, 1.82) is 0 Å². The van der Waals surface area contributed by atoms with Gasteiger partial charge in [0.15, 0.2) is 5.69 Å². The van der Waals surface area contributed by atoms with Crippen molar-refractivity contribution in [3.8, 4) is 5.88 Å². The molecule has 0 spiro atoms. The van der Waals surface area contributed by atoms with Crippen molar-refractivity contribution >= 4 is 43.9 Å². The van der Waals surface area contributed by atoms with Gasteiger partial charge in [0.1, 0.15) is 0 Å². The highest BCUT2D eigenvalue weighted by molar-refractivity contribution is 9.10. The summed E-state index contributed by atoms with van der Waals surface area (Å²) in [6.07, 6.45) is 0. The van der Waals surface area contributed by atoms with Crippen molar-refractivity contribution in [2.24, 2.45) is 10.2 Å². The normalized spacial score (nSPS) is 11.4. The van der Waals surface area contributed by atoms with Crippen molar-refractivity contribution in [3.63, 3.8) is 0 Å². The van der Waals surface area contributed by atoms with Crippen LogP contribution in [0.4, 0.5) is 17.1 Å². The summed E-state index contributed by atoms with van der Waals surface area (Å²) in [7, 11) is 0. The lowest BCUT2D eigenvalue weighted by Gasteiger charge is -2.00. The third kappa shape index (κ3) is 2.80. The number of aromatic hydroxyl groups is 1. The van der Waals surface area contributed by atoms with Gasteiger partial charge in [-0.15, -0.1) is 5.11 Å². The van der Waals surface area contributed by atoms with Gasteiger partial charge in [0.25, 0.3) is 5.69 Å². The number of aromatic amines is 1. The lowest BCUT2D eigenvalue weighted by atomic mass is 10.1. The number of azo groups is 1. The molecule has 0 atom stereocenters. The Labute approximate surface area is 139 Å². The van der Waals surface area contributed by atoms with Crippen LogP contribution in [0.15, 0.2) is 51.1 Å². The molecule has 1 heterocycles. The molecule has 0 saturated heterocycles. The van der Waals surface area contributed by atoms with Crippen LogP contribution < -0.4 is 0 Å². The molecule has 23 heavy (non-hydrogen) atoms. The molecule has 8 heteroatoms. The van der Waals surface area contributed by atoms with Crippen molar-refractivity contribution < 1.29 is 10.0 Å². The summed E-state index contributed by atoms with van der Waals surface area (Å²) in [6.45, 7) is 1.94. The fourth-order valence-corrected chi connectivity index (χ4v) is 2.70. The SMILES string of the molecule is Cc1ccc2[nH]c(O)c(N=Nc3ccc([N+](=O)[O-])cc3)c2c1Br. The van der Waals surface area contributed by atoms with Crippen LogP contribution >= 0.6 is 15.9 Å². The average Bonchev–Trinajstić information content (AvgIpc) is 2.85. The lowest BCUT2D eigenvalue weighted by molar-refractivity contribution is -0.384. The largest absolute Gasteiger partial charge is 0.493 e. The second-order valence-corrected chi connectivity index (χ2v) is 5.71. The maximum Gasteiger partial charge on any atom is 0.269 e. The van der Waals surface area contributed by atoms with Gasteiger partial charge in [-0.05, 0) is 46.6 Å². The van der Waals surface area contributed by atoms with Crippen molar-refractivity contribution in [2.45, 2.75) is 6.92 Å². The molecule has 116 valence electrons. The highest BCUT2D eigenvalue weighted by Crippen LogP contribution is 2.41. The lowest BCUT2D eigenvalue weighted by Crippen LogP contribution is -1.85. The van der Waals surface area contributed by atoms with Crippen molar-refractivity contribution in [1.82, 2.24) is 4.98 Å². The van der Waals surface area contributed by atoms with Crippen LogP contribution in [-0.4, -0.2) is 15.0 Å². The number of nitro benzene ring substituents is 1. The Hall–Kier alpha value is -2.74. The number of nitrogens with zero attached hydrogens (tertiary/aromatic N) is 3. The Morgan fingerprint density at radius 1 is 1.17 bits per heavy atom. The number of benzene rings is 2. The van der Waals surface area contributed by atoms with Gasteiger partial charge in [-0.3, -0.25) is 10.1 Å². The van der Waals surface area contributed by atoms with Crippen LogP contribution in [0, 0.1) is 17.0 Å². The van der Waals surface area contributed by atoms with Gasteiger partial charge in [-0.2, -0.15) is 5.11 Å². The predicted molar refractivity (Wildman–Crippen MR) is 89.7 cm³/mol. The summed E-state index contributed by atoms with van der Waals surface area (Å²) >= 11 is 3.49. The first-order valence-electron chi connectivity index (χ1n) is 6.63. The van der Waals surface area contributed by atoms with E-state index in [1.54, 1.807) is 0 Å². The fourth-order valence-electron chi connectivity index (χ4n) is 2.17. The van der Waals surface area contributed by atoms with Crippen LogP contribution in [0.1, 0.15) is 5.56 Å². The van der Waals surface area contributed by atoms with E-state index < -0.39 is 4.92 Å². The Kier molecular flexibility index (Phi) is 3.83. The van der Waals surface area contributed by atoms with Gasteiger partial charge < -0.3 is 10.1 Å². The Morgan fingerprint density at radius 3 is 2.52 bits per heavy atom. The second kappa shape index (κ2) is 5.81. The van der Waals surface area contributed by atoms with Gasteiger partial charge in [0, 0.05) is 22.0 Å². The van der Waals surface area contributed by atoms with Gasteiger partial charge in [-0.1, -0.05) is 6.07 Å². The van der Waals surface area contributed by atoms with Gasteiger partial charge >= 0.3 is 0 Å². The van der Waals surface area contributed by atoms with Crippen LogP contribution in [0.25, 0.3) is 10.9 Å². The summed E-state index contributed by atoms with van der Waals surface area (Å²) in [5.41, 5.74) is 2.49. The second-order valence-electron chi connectivity index (χ2n) is 4.91. The number of halogens is 1. The maximum absolute atomic E-state index is 10.6. The Bertz CT molecular complexity index is 932. The summed E-state index contributed by atoms with van der Waals surface area (Å²) in [5, 5.41) is 29.5. The van der Waals surface area contributed by atoms with Crippen molar-refractivity contribution in [3.05, 3.63) is 56.5 Å². The predicted octanol–water partition coefficient (Wildman–Crippen LogP) is 5.27. The topological polar surface area (TPSA) is 104 Å². The molecule has 0 saturated carbocycles. The molecule has 0 bridgehead atoms. The van der Waals surface area contributed by atoms with E-state index in [0.29, 0.717) is 11.4 Å². The summed E-state index contributed by atoms with van der Waals surface area (Å²) in [4.78, 5) is 13.0. The number of fused-ring (bicyclic) bond motifs is 1. The minimum atomic E-state index is -0.480. The smallest absolute Gasteiger partial charge is 0.269 e. The number of non-ortho nitro benzene ring substituents is 1. The molecule has 2 aromatic carbocycles. The molecule has 0 aliphatic carbocycles. The number of H-pyrrole nitrogens is 1. The molecule has 0 aliphatic heterocycles. The molecule has 0 unspecified atom stereocenters. The summed E-state index contributed by atoms with van der Waals surface area (Å²) in [6, 6.07) is 9.45. The molecule has 0 fully saturated rings. The zero-order valence-electron chi connectivity index (χ0n) is 11.9. The van der Waals surface area contributed by atoms with E-state index in [2.05, 4.69) is 31.1 Å². The Balaban J connectivity index is 2.02. The average molecular weight is 375 g/mol. The van der Waals surface area contributed by atoms with Gasteiger partial charge in [-0.25, -0.2) is 0 Å². The molecule has 7 nitrogen and oxygen atoms in total. The number of hydrogen-bond acceptors (Lipinski definition) is 5. The van der Waals surface area contributed by atoms with Crippen LogP contribution in [-0.2, 0) is 0 Å². The number of hydrogen-bond donors (Lipinski definition) is 2. The zero-order chi connectivity index (χ0) is 16.6. The van der Waals surface area contributed by atoms with E-state index in [0.717, 1.165) is 20.9 Å². The highest BCUT2D eigenvalue weighted by Gasteiger charge is 2.14. The van der Waals surface area contributed by atoms with Crippen molar-refractivity contribution in [2.75, 3.05) is 0 Å². The van der Waals surface area contributed by atoms with E-state index in [9.17, 15) is 15.2 Å². The summed E-state index contributed by atoms with van der Waals surface area (Å²) < 4.78 is 0.823. The van der Waals surface area contributed by atoms with E-state index in [1.165, 1.54) is 24.3 Å². The van der Waals surface area contributed by atoms with E-state index in [-0.39, 0.29) is 11.6 Å². The van der Waals surface area contributed by atoms with E-state index in [1.807, 2.05) is 19.1 Å². The minimum Gasteiger partial charge on any atom is -0.493 e. The molecule has 2 N–H and O–H groups in total. The van der Waals surface area contributed by atoms with Gasteiger partial charge in [0.2, 0.25) is 5.88 Å². The summed E-state index contributed by atoms with van der Waals surface area (Å²) in [5.74, 6) is -0.0861. The first kappa shape index (κ1) is 15.2. The standard InChI is InChI=1S/C15H11BrN4O3/c1-8-2-7-11-12(13(8)16)14(15(21)17-11)19-18-9-3-5-10(6-4-9)20(22)23/h2-7,17,21H,1H3. The molecule has 0 aliphatic rings. The minimum absolute atomic E-state index is 0.0164. The third-order valence-electron chi connectivity index (χ3n) is 3.38. The van der Waals surface area contributed by atoms with Crippen LogP contribution in [0.5, 0.6) is 5.88 Å². The van der Waals surface area contributed by atoms with E-state index in [4.69, 9.17) is 0 Å². The first-order valence-corrected chi connectivity index (χ1v) is 7.42. The molecular formula is C15H11BrN4O3. The Morgan fingerprint density at radius 2 is 1.87 bits per heavy atom. The van der Waals surface area contributed by atoms with Gasteiger partial charge in [0.05, 0.1) is 16.1 Å². The number of aryl methyl sites for hydroxylation is 1. The quantitative estimate of drug-likeness (QED) is 0.370.